The topological polar surface area (TPSA) is 89.2 Å². The number of benzene rings is 1. The van der Waals surface area contributed by atoms with E-state index in [-0.39, 0.29) is 5.41 Å². The molecule has 1 aromatic heterocycles. The number of hydroxylamine groups is 2. The molecule has 154 valence electrons. The average Bonchev–Trinajstić information content (AvgIpc) is 3.34. The Morgan fingerprint density at radius 3 is 2.90 bits per heavy atom. The van der Waals surface area contributed by atoms with Gasteiger partial charge in [0.05, 0.1) is 5.69 Å². The maximum absolute atomic E-state index is 6.47. The molecular formula is C23H25N5O2. The van der Waals surface area contributed by atoms with Gasteiger partial charge in [0, 0.05) is 29.8 Å². The minimum atomic E-state index is -0.882. The number of aromatic nitrogens is 1. The van der Waals surface area contributed by atoms with Crippen molar-refractivity contribution < 1.29 is 9.36 Å². The average molecular weight is 403 g/mol. The highest BCUT2D eigenvalue weighted by atomic mass is 16.7. The summed E-state index contributed by atoms with van der Waals surface area (Å²) in [5.74, 6) is 1.25. The minimum Gasteiger partial charge on any atom is -0.368 e. The lowest BCUT2D eigenvalue weighted by Gasteiger charge is -2.43. The molecule has 1 aliphatic heterocycles. The van der Waals surface area contributed by atoms with Gasteiger partial charge in [0.1, 0.15) is 5.76 Å². The molecule has 0 saturated carbocycles. The van der Waals surface area contributed by atoms with Crippen molar-refractivity contribution in [1.29, 1.82) is 0 Å². The Labute approximate surface area is 175 Å². The van der Waals surface area contributed by atoms with Crippen LogP contribution < -0.4 is 5.73 Å². The number of guanidine groups is 1. The number of aryl methyl sites for hydroxylation is 2. The smallest absolute Gasteiger partial charge is 0.221 e. The Bertz CT molecular complexity index is 1130. The predicted molar refractivity (Wildman–Crippen MR) is 116 cm³/mol. The molecule has 0 bridgehead atoms. The van der Waals surface area contributed by atoms with Crippen molar-refractivity contribution in [3.63, 3.8) is 0 Å². The van der Waals surface area contributed by atoms with Crippen molar-refractivity contribution in [3.05, 3.63) is 70.8 Å². The normalized spacial score (nSPS) is 27.3. The number of nitrogens with two attached hydrogens (primary N) is 1. The fraction of sp³-hybridized carbons (Fsp3) is 0.348. The van der Waals surface area contributed by atoms with Gasteiger partial charge in [-0.1, -0.05) is 29.9 Å². The van der Waals surface area contributed by atoms with Crippen LogP contribution in [-0.2, 0) is 29.8 Å². The van der Waals surface area contributed by atoms with Crippen LogP contribution in [0.4, 0.5) is 0 Å². The second kappa shape index (κ2) is 6.40. The summed E-state index contributed by atoms with van der Waals surface area (Å²) < 4.78 is 5.49. The van der Waals surface area contributed by atoms with Crippen LogP contribution in [0.15, 0.2) is 51.6 Å². The molecule has 2 spiro atoms. The van der Waals surface area contributed by atoms with Gasteiger partial charge in [-0.2, -0.15) is 0 Å². The zero-order chi connectivity index (χ0) is 21.1. The van der Waals surface area contributed by atoms with Gasteiger partial charge in [0.15, 0.2) is 0 Å². The van der Waals surface area contributed by atoms with Gasteiger partial charge in [0.25, 0.3) is 0 Å². The second-order valence-corrected chi connectivity index (χ2v) is 8.34. The van der Waals surface area contributed by atoms with Gasteiger partial charge in [-0.3, -0.25) is 4.99 Å². The molecule has 2 aromatic rings. The molecule has 7 nitrogen and oxygen atoms in total. The molecule has 7 heteroatoms. The first-order chi connectivity index (χ1) is 14.4. The summed E-state index contributed by atoms with van der Waals surface area (Å²) in [6, 6.07) is 6.38. The van der Waals surface area contributed by atoms with Crippen molar-refractivity contribution in [2.24, 2.45) is 21.1 Å². The van der Waals surface area contributed by atoms with E-state index in [9.17, 15) is 0 Å². The van der Waals surface area contributed by atoms with Crippen LogP contribution in [0.1, 0.15) is 40.1 Å². The van der Waals surface area contributed by atoms with Crippen molar-refractivity contribution in [2.75, 3.05) is 7.05 Å². The maximum atomic E-state index is 6.47. The van der Waals surface area contributed by atoms with Gasteiger partial charge in [-0.05, 0) is 62.1 Å². The van der Waals surface area contributed by atoms with Gasteiger partial charge >= 0.3 is 0 Å². The first-order valence-corrected chi connectivity index (χ1v) is 10.1. The molecule has 2 aliphatic carbocycles. The number of hydrogen-bond acceptors (Lipinski definition) is 7. The van der Waals surface area contributed by atoms with E-state index in [4.69, 9.17) is 20.1 Å². The molecule has 2 atom stereocenters. The first kappa shape index (κ1) is 18.8. The van der Waals surface area contributed by atoms with Crippen molar-refractivity contribution >= 4 is 18.3 Å². The van der Waals surface area contributed by atoms with E-state index in [1.807, 2.05) is 6.92 Å². The van der Waals surface area contributed by atoms with Crippen molar-refractivity contribution in [3.8, 4) is 0 Å². The lowest BCUT2D eigenvalue weighted by molar-refractivity contribution is -0.224. The predicted octanol–water partition coefficient (Wildman–Crippen LogP) is 3.29. The van der Waals surface area contributed by atoms with E-state index in [0.29, 0.717) is 5.96 Å². The highest BCUT2D eigenvalue weighted by molar-refractivity contribution is 5.80. The molecular weight excluding hydrogens is 378 g/mol. The molecule has 1 aromatic carbocycles. The fourth-order valence-electron chi connectivity index (χ4n) is 5.25. The van der Waals surface area contributed by atoms with Gasteiger partial charge < -0.3 is 10.3 Å². The number of nitrogens with zero attached hydrogens (tertiary/aromatic N) is 4. The lowest BCUT2D eigenvalue weighted by Crippen LogP contribution is -2.47. The summed E-state index contributed by atoms with van der Waals surface area (Å²) >= 11 is 0. The quantitative estimate of drug-likeness (QED) is 0.627. The second-order valence-electron chi connectivity index (χ2n) is 8.34. The third kappa shape index (κ3) is 2.38. The summed E-state index contributed by atoms with van der Waals surface area (Å²) in [5, 5.41) is 5.83. The van der Waals surface area contributed by atoms with Crippen LogP contribution in [0, 0.1) is 12.3 Å². The summed E-state index contributed by atoms with van der Waals surface area (Å²) in [7, 11) is 1.80. The largest absolute Gasteiger partial charge is 0.368 e. The van der Waals surface area contributed by atoms with E-state index < -0.39 is 5.72 Å². The summed E-state index contributed by atoms with van der Waals surface area (Å²) in [5.41, 5.74) is 11.5. The molecule has 0 saturated heterocycles. The molecule has 3 aliphatic rings. The molecule has 5 rings (SSSR count). The molecule has 0 amide bonds. The molecule has 2 heterocycles. The zero-order valence-electron chi connectivity index (χ0n) is 17.3. The lowest BCUT2D eigenvalue weighted by atomic mass is 9.66. The molecule has 2 N–H and O–H groups in total. The first-order valence-electron chi connectivity index (χ1n) is 10.1. The standard InChI is InChI=1S/C23H25N5O2/c1-5-15(13-25-3)16-6-7-17-11-22(9-8-20-18(12-22)14(2)29-27-20)23(19(17)10-16)26-21(24)28(4)30-23/h5-7,10,13H,1,3,8-9,11-12H2,2,4H3,(H2,24,26). The maximum Gasteiger partial charge on any atom is 0.221 e. The van der Waals surface area contributed by atoms with E-state index in [2.05, 4.69) is 41.6 Å². The third-order valence-electron chi connectivity index (χ3n) is 6.79. The zero-order valence-corrected chi connectivity index (χ0v) is 17.3. The number of fused-ring (bicyclic) bond motifs is 4. The Morgan fingerprint density at radius 2 is 2.20 bits per heavy atom. The van der Waals surface area contributed by atoms with Crippen molar-refractivity contribution in [1.82, 2.24) is 10.2 Å². The summed E-state index contributed by atoms with van der Waals surface area (Å²) in [6.07, 6.45) is 6.84. The number of aliphatic imine (C=N–C) groups is 2. The monoisotopic (exact) mass is 403 g/mol. The van der Waals surface area contributed by atoms with Gasteiger partial charge in [0.2, 0.25) is 11.7 Å². The van der Waals surface area contributed by atoms with E-state index in [1.165, 1.54) is 11.1 Å². The SMILES string of the molecule is C=CC(=CN=C)c1ccc2c(c1)C1(N=C(N)N(C)O1)C1(CCc3noc(C)c3C1)C2. The Balaban J connectivity index is 1.69. The fourth-order valence-corrected chi connectivity index (χ4v) is 5.25. The van der Waals surface area contributed by atoms with Crippen LogP contribution in [0.3, 0.4) is 0 Å². The van der Waals surface area contributed by atoms with E-state index in [0.717, 1.165) is 53.8 Å². The van der Waals surface area contributed by atoms with Gasteiger partial charge in [-0.15, -0.1) is 0 Å². The summed E-state index contributed by atoms with van der Waals surface area (Å²) in [4.78, 5) is 15.3. The number of hydrogen-bond donors (Lipinski definition) is 1. The van der Waals surface area contributed by atoms with Gasteiger partial charge in [-0.25, -0.2) is 14.9 Å². The van der Waals surface area contributed by atoms with E-state index >= 15 is 0 Å². The highest BCUT2D eigenvalue weighted by Gasteiger charge is 2.63. The van der Waals surface area contributed by atoms with Crippen LogP contribution in [0.25, 0.3) is 5.57 Å². The molecule has 2 unspecified atom stereocenters. The third-order valence-corrected chi connectivity index (χ3v) is 6.79. The number of allylic oxidation sites excluding steroid dienone is 2. The molecule has 30 heavy (non-hydrogen) atoms. The van der Waals surface area contributed by atoms with Crippen molar-refractivity contribution in [2.45, 2.75) is 38.3 Å². The van der Waals surface area contributed by atoms with E-state index in [1.54, 1.807) is 24.4 Å². The van der Waals surface area contributed by atoms with Crippen LogP contribution >= 0.6 is 0 Å². The Hall–Kier alpha value is -3.19. The summed E-state index contributed by atoms with van der Waals surface area (Å²) in [6.45, 7) is 9.46. The molecule has 0 radical (unpaired) electrons. The van der Waals surface area contributed by atoms with Crippen LogP contribution in [0.2, 0.25) is 0 Å². The minimum absolute atomic E-state index is 0.263. The molecule has 0 fully saturated rings. The van der Waals surface area contributed by atoms with Crippen LogP contribution in [-0.4, -0.2) is 29.9 Å². The Morgan fingerprint density at radius 1 is 1.37 bits per heavy atom. The van der Waals surface area contributed by atoms with Crippen LogP contribution in [0.5, 0.6) is 0 Å². The Kier molecular flexibility index (Phi) is 4.02. The number of rotatable bonds is 3. The highest BCUT2D eigenvalue weighted by Crippen LogP contribution is 2.61.